The molecule has 0 saturated carbocycles. The molecule has 1 aliphatic heterocycles. The van der Waals surface area contributed by atoms with E-state index in [2.05, 4.69) is 29.6 Å². The fourth-order valence-corrected chi connectivity index (χ4v) is 2.47. The monoisotopic (exact) mass is 273 g/mol. The maximum absolute atomic E-state index is 5.65. The van der Waals surface area contributed by atoms with Crippen LogP contribution in [0.4, 0.5) is 0 Å². The molecule has 106 valence electrons. The molecule has 2 aromatic rings. The van der Waals surface area contributed by atoms with Crippen LogP contribution in [0.25, 0.3) is 0 Å². The minimum absolute atomic E-state index is 0.103. The van der Waals surface area contributed by atoms with Gasteiger partial charge in [-0.15, -0.1) is 0 Å². The summed E-state index contributed by atoms with van der Waals surface area (Å²) in [7, 11) is 1.95. The zero-order valence-electron chi connectivity index (χ0n) is 11.8. The Balaban J connectivity index is 1.92. The predicted octanol–water partition coefficient (Wildman–Crippen LogP) is 1.98. The summed E-state index contributed by atoms with van der Waals surface area (Å²) < 4.78 is 13.1. The largest absolute Gasteiger partial charge is 0.486 e. The van der Waals surface area contributed by atoms with E-state index >= 15 is 0 Å². The van der Waals surface area contributed by atoms with Crippen LogP contribution in [-0.2, 0) is 6.54 Å². The van der Waals surface area contributed by atoms with E-state index in [9.17, 15) is 0 Å². The lowest BCUT2D eigenvalue weighted by Crippen LogP contribution is -2.19. The molecule has 1 aromatic heterocycles. The lowest BCUT2D eigenvalue weighted by molar-refractivity contribution is 0.171. The van der Waals surface area contributed by atoms with Crippen molar-refractivity contribution < 1.29 is 9.47 Å². The Morgan fingerprint density at radius 2 is 2.05 bits per heavy atom. The predicted molar refractivity (Wildman–Crippen MR) is 76.2 cm³/mol. The number of aromatic nitrogens is 2. The third kappa shape index (κ3) is 2.36. The Morgan fingerprint density at radius 3 is 2.75 bits per heavy atom. The third-order valence-electron chi connectivity index (χ3n) is 3.50. The molecule has 0 spiro atoms. The van der Waals surface area contributed by atoms with Crippen LogP contribution in [0, 0.1) is 0 Å². The van der Waals surface area contributed by atoms with Crippen molar-refractivity contribution in [1.82, 2.24) is 15.1 Å². The lowest BCUT2D eigenvalue weighted by Gasteiger charge is -2.21. The molecule has 0 amide bonds. The highest BCUT2D eigenvalue weighted by Crippen LogP contribution is 2.34. The van der Waals surface area contributed by atoms with Crippen LogP contribution >= 0.6 is 0 Å². The first-order valence-corrected chi connectivity index (χ1v) is 6.91. The summed E-state index contributed by atoms with van der Waals surface area (Å²) in [6.07, 6.45) is 3.97. The SMILES string of the molecule is CCn1cc(C(NC)c2ccc3c(c2)OCCO3)cn1. The zero-order chi connectivity index (χ0) is 13.9. The Labute approximate surface area is 118 Å². The summed E-state index contributed by atoms with van der Waals surface area (Å²) in [6, 6.07) is 6.18. The standard InChI is InChI=1S/C15H19N3O2/c1-3-18-10-12(9-17-18)15(16-2)11-4-5-13-14(8-11)20-7-6-19-13/h4-5,8-10,15-16H,3,6-7H2,1-2H3. The van der Waals surface area contributed by atoms with E-state index < -0.39 is 0 Å². The van der Waals surface area contributed by atoms with Gasteiger partial charge in [-0.3, -0.25) is 4.68 Å². The first-order chi connectivity index (χ1) is 9.81. The van der Waals surface area contributed by atoms with Gasteiger partial charge in [0.1, 0.15) is 13.2 Å². The number of hydrogen-bond donors (Lipinski definition) is 1. The number of rotatable bonds is 4. The molecule has 20 heavy (non-hydrogen) atoms. The molecule has 0 aliphatic carbocycles. The van der Waals surface area contributed by atoms with Gasteiger partial charge in [0.05, 0.1) is 12.2 Å². The highest BCUT2D eigenvalue weighted by Gasteiger charge is 2.18. The van der Waals surface area contributed by atoms with Crippen molar-refractivity contribution >= 4 is 0 Å². The zero-order valence-corrected chi connectivity index (χ0v) is 11.8. The van der Waals surface area contributed by atoms with E-state index in [0.29, 0.717) is 13.2 Å². The number of nitrogens with zero attached hydrogens (tertiary/aromatic N) is 2. The number of fused-ring (bicyclic) bond motifs is 1. The third-order valence-corrected chi connectivity index (χ3v) is 3.50. The average molecular weight is 273 g/mol. The molecule has 1 aliphatic rings. The van der Waals surface area contributed by atoms with Crippen molar-refractivity contribution in [3.05, 3.63) is 41.7 Å². The van der Waals surface area contributed by atoms with Crippen LogP contribution in [0.2, 0.25) is 0 Å². The molecular weight excluding hydrogens is 254 g/mol. The van der Waals surface area contributed by atoms with E-state index in [1.54, 1.807) is 0 Å². The summed E-state index contributed by atoms with van der Waals surface area (Å²) in [5.74, 6) is 1.64. The van der Waals surface area contributed by atoms with Gasteiger partial charge in [0.15, 0.2) is 11.5 Å². The molecular formula is C15H19N3O2. The van der Waals surface area contributed by atoms with Crippen LogP contribution < -0.4 is 14.8 Å². The van der Waals surface area contributed by atoms with E-state index in [1.807, 2.05) is 30.1 Å². The van der Waals surface area contributed by atoms with E-state index in [4.69, 9.17) is 9.47 Å². The summed E-state index contributed by atoms with van der Waals surface area (Å²) in [5.41, 5.74) is 2.29. The van der Waals surface area contributed by atoms with Gasteiger partial charge in [-0.1, -0.05) is 6.07 Å². The second-order valence-electron chi connectivity index (χ2n) is 4.75. The van der Waals surface area contributed by atoms with Crippen LogP contribution in [0.5, 0.6) is 11.5 Å². The highest BCUT2D eigenvalue weighted by atomic mass is 16.6. The Kier molecular flexibility index (Phi) is 3.60. The molecule has 1 aromatic carbocycles. The van der Waals surface area contributed by atoms with Gasteiger partial charge < -0.3 is 14.8 Å². The van der Waals surface area contributed by atoms with Crippen molar-refractivity contribution in [2.45, 2.75) is 19.5 Å². The number of ether oxygens (including phenoxy) is 2. The molecule has 5 nitrogen and oxygen atoms in total. The summed E-state index contributed by atoms with van der Waals surface area (Å²) >= 11 is 0. The molecule has 1 N–H and O–H groups in total. The minimum Gasteiger partial charge on any atom is -0.486 e. The number of benzene rings is 1. The van der Waals surface area contributed by atoms with Crippen LogP contribution in [0.1, 0.15) is 24.1 Å². The van der Waals surface area contributed by atoms with Gasteiger partial charge in [0.25, 0.3) is 0 Å². The van der Waals surface area contributed by atoms with Crippen LogP contribution in [0.15, 0.2) is 30.6 Å². The Bertz CT molecular complexity index is 595. The fourth-order valence-electron chi connectivity index (χ4n) is 2.47. The fraction of sp³-hybridized carbons (Fsp3) is 0.400. The quantitative estimate of drug-likeness (QED) is 0.925. The maximum Gasteiger partial charge on any atom is 0.161 e. The molecule has 0 fully saturated rings. The molecule has 2 heterocycles. The van der Waals surface area contributed by atoms with Gasteiger partial charge in [-0.25, -0.2) is 0 Å². The van der Waals surface area contributed by atoms with Gasteiger partial charge in [-0.2, -0.15) is 5.10 Å². The van der Waals surface area contributed by atoms with Crippen molar-refractivity contribution in [2.24, 2.45) is 0 Å². The van der Waals surface area contributed by atoms with Crippen LogP contribution in [0.3, 0.4) is 0 Å². The van der Waals surface area contributed by atoms with Crippen molar-refractivity contribution in [2.75, 3.05) is 20.3 Å². The summed E-state index contributed by atoms with van der Waals surface area (Å²) in [6.45, 7) is 4.17. The van der Waals surface area contributed by atoms with Gasteiger partial charge >= 0.3 is 0 Å². The first kappa shape index (κ1) is 13.0. The van der Waals surface area contributed by atoms with Crippen LogP contribution in [-0.4, -0.2) is 30.0 Å². The van der Waals surface area contributed by atoms with Crippen molar-refractivity contribution in [3.63, 3.8) is 0 Å². The van der Waals surface area contributed by atoms with Crippen molar-refractivity contribution in [1.29, 1.82) is 0 Å². The number of nitrogens with one attached hydrogen (secondary N) is 1. The Hall–Kier alpha value is -2.01. The first-order valence-electron chi connectivity index (χ1n) is 6.91. The maximum atomic E-state index is 5.65. The topological polar surface area (TPSA) is 48.3 Å². The molecule has 0 saturated heterocycles. The van der Waals surface area contributed by atoms with Gasteiger partial charge in [-0.05, 0) is 31.7 Å². The smallest absolute Gasteiger partial charge is 0.161 e. The lowest BCUT2D eigenvalue weighted by atomic mass is 10.0. The normalized spacial score (nSPS) is 15.1. The number of aryl methyl sites for hydroxylation is 1. The Morgan fingerprint density at radius 1 is 1.25 bits per heavy atom. The van der Waals surface area contributed by atoms with E-state index in [1.165, 1.54) is 0 Å². The van der Waals surface area contributed by atoms with Gasteiger partial charge in [0.2, 0.25) is 0 Å². The van der Waals surface area contributed by atoms with Gasteiger partial charge in [0, 0.05) is 18.3 Å². The van der Waals surface area contributed by atoms with E-state index in [-0.39, 0.29) is 6.04 Å². The van der Waals surface area contributed by atoms with Crippen molar-refractivity contribution in [3.8, 4) is 11.5 Å². The minimum atomic E-state index is 0.103. The second-order valence-corrected chi connectivity index (χ2v) is 4.75. The molecule has 1 unspecified atom stereocenters. The highest BCUT2D eigenvalue weighted by molar-refractivity contribution is 5.46. The molecule has 0 bridgehead atoms. The second kappa shape index (κ2) is 5.54. The molecule has 1 atom stereocenters. The molecule has 5 heteroatoms. The molecule has 0 radical (unpaired) electrons. The average Bonchev–Trinajstić information content (AvgIpc) is 2.97. The number of hydrogen-bond acceptors (Lipinski definition) is 4. The molecule has 3 rings (SSSR count). The summed E-state index contributed by atoms with van der Waals surface area (Å²) in [4.78, 5) is 0. The summed E-state index contributed by atoms with van der Waals surface area (Å²) in [5, 5.41) is 7.67. The van der Waals surface area contributed by atoms with E-state index in [0.717, 1.165) is 29.2 Å².